The highest BCUT2D eigenvalue weighted by Crippen LogP contribution is 2.22. The first kappa shape index (κ1) is 13.7. The summed E-state index contributed by atoms with van der Waals surface area (Å²) in [4.78, 5) is 16.5. The Bertz CT molecular complexity index is 592. The third kappa shape index (κ3) is 3.20. The van der Waals surface area contributed by atoms with Crippen LogP contribution in [0.5, 0.6) is 0 Å². The van der Waals surface area contributed by atoms with Crippen LogP contribution in [0.3, 0.4) is 0 Å². The standard InChI is InChI=1S/C14H16N6/c1-19(8-4-6-15)13-9-14(18-11-17-13)20(2)12-5-3-7-16-10-12/h3,5,7,9-11H,4,8H2,1-2H3. The van der Waals surface area contributed by atoms with E-state index in [0.29, 0.717) is 13.0 Å². The van der Waals surface area contributed by atoms with Crippen molar-refractivity contribution in [2.24, 2.45) is 0 Å². The number of hydrogen-bond donors (Lipinski definition) is 0. The summed E-state index contributed by atoms with van der Waals surface area (Å²) >= 11 is 0. The summed E-state index contributed by atoms with van der Waals surface area (Å²) in [6.45, 7) is 0.642. The molecule has 0 aromatic carbocycles. The van der Waals surface area contributed by atoms with Crippen molar-refractivity contribution >= 4 is 17.3 Å². The van der Waals surface area contributed by atoms with E-state index in [-0.39, 0.29) is 0 Å². The molecule has 6 heteroatoms. The highest BCUT2D eigenvalue weighted by atomic mass is 15.2. The third-order valence-corrected chi connectivity index (χ3v) is 2.97. The Hall–Kier alpha value is -2.68. The zero-order valence-electron chi connectivity index (χ0n) is 11.6. The van der Waals surface area contributed by atoms with Gasteiger partial charge in [0, 0.05) is 32.9 Å². The molecule has 2 aromatic heterocycles. The minimum absolute atomic E-state index is 0.467. The molecule has 0 amide bonds. The van der Waals surface area contributed by atoms with Gasteiger partial charge in [-0.25, -0.2) is 9.97 Å². The predicted octanol–water partition coefficient (Wildman–Crippen LogP) is 1.99. The molecule has 0 fully saturated rings. The van der Waals surface area contributed by atoms with Crippen LogP contribution in [0.2, 0.25) is 0 Å². The van der Waals surface area contributed by atoms with Crippen LogP contribution in [0.4, 0.5) is 17.3 Å². The van der Waals surface area contributed by atoms with E-state index >= 15 is 0 Å². The molecule has 0 saturated heterocycles. The number of aromatic nitrogens is 3. The van der Waals surface area contributed by atoms with Crippen LogP contribution in [0.25, 0.3) is 0 Å². The number of nitrogens with zero attached hydrogens (tertiary/aromatic N) is 6. The Morgan fingerprint density at radius 1 is 1.25 bits per heavy atom. The Balaban J connectivity index is 2.19. The molecule has 20 heavy (non-hydrogen) atoms. The van der Waals surface area contributed by atoms with Crippen LogP contribution in [0, 0.1) is 11.3 Å². The first-order chi connectivity index (χ1) is 9.72. The Morgan fingerprint density at radius 3 is 2.75 bits per heavy atom. The molecule has 0 unspecified atom stereocenters. The fraction of sp³-hybridized carbons (Fsp3) is 0.286. The van der Waals surface area contributed by atoms with Gasteiger partial charge in [-0.05, 0) is 12.1 Å². The largest absolute Gasteiger partial charge is 0.358 e. The van der Waals surface area contributed by atoms with Crippen LogP contribution in [-0.2, 0) is 0 Å². The summed E-state index contributed by atoms with van der Waals surface area (Å²) in [5.74, 6) is 1.58. The van der Waals surface area contributed by atoms with Crippen molar-refractivity contribution in [1.82, 2.24) is 15.0 Å². The smallest absolute Gasteiger partial charge is 0.138 e. The Kier molecular flexibility index (Phi) is 4.45. The van der Waals surface area contributed by atoms with Crippen LogP contribution in [-0.4, -0.2) is 35.6 Å². The molecule has 0 bridgehead atoms. The maximum absolute atomic E-state index is 8.63. The van der Waals surface area contributed by atoms with Gasteiger partial charge in [0.1, 0.15) is 18.0 Å². The van der Waals surface area contributed by atoms with E-state index in [9.17, 15) is 0 Å². The van der Waals surface area contributed by atoms with Crippen LogP contribution < -0.4 is 9.80 Å². The van der Waals surface area contributed by atoms with Crippen LogP contribution >= 0.6 is 0 Å². The molecular formula is C14H16N6. The van der Waals surface area contributed by atoms with Crippen molar-refractivity contribution in [2.45, 2.75) is 6.42 Å². The SMILES string of the molecule is CN(CCC#N)c1cc(N(C)c2cccnc2)ncn1. The average Bonchev–Trinajstić information content (AvgIpc) is 2.52. The third-order valence-electron chi connectivity index (χ3n) is 2.97. The predicted molar refractivity (Wildman–Crippen MR) is 77.8 cm³/mol. The van der Waals surface area contributed by atoms with E-state index in [4.69, 9.17) is 5.26 Å². The van der Waals surface area contributed by atoms with Crippen molar-refractivity contribution in [3.63, 3.8) is 0 Å². The topological polar surface area (TPSA) is 68.9 Å². The second-order valence-electron chi connectivity index (χ2n) is 4.33. The summed E-state index contributed by atoms with van der Waals surface area (Å²) < 4.78 is 0. The first-order valence-electron chi connectivity index (χ1n) is 6.26. The molecule has 0 spiro atoms. The van der Waals surface area contributed by atoms with Gasteiger partial charge in [-0.3, -0.25) is 4.98 Å². The van der Waals surface area contributed by atoms with Gasteiger partial charge in [0.15, 0.2) is 0 Å². The van der Waals surface area contributed by atoms with Gasteiger partial charge in [-0.1, -0.05) is 0 Å². The van der Waals surface area contributed by atoms with Gasteiger partial charge in [0.05, 0.1) is 24.4 Å². The van der Waals surface area contributed by atoms with Gasteiger partial charge in [0.2, 0.25) is 0 Å². The minimum Gasteiger partial charge on any atom is -0.358 e. The molecule has 0 aliphatic carbocycles. The number of nitriles is 1. The van der Waals surface area contributed by atoms with E-state index < -0.39 is 0 Å². The second kappa shape index (κ2) is 6.48. The Labute approximate surface area is 118 Å². The lowest BCUT2D eigenvalue weighted by molar-refractivity contribution is 0.877. The van der Waals surface area contributed by atoms with Crippen molar-refractivity contribution in [3.8, 4) is 6.07 Å². The van der Waals surface area contributed by atoms with E-state index in [1.54, 1.807) is 12.4 Å². The number of hydrogen-bond acceptors (Lipinski definition) is 6. The number of rotatable bonds is 5. The second-order valence-corrected chi connectivity index (χ2v) is 4.33. The van der Waals surface area contributed by atoms with E-state index in [1.807, 2.05) is 42.1 Å². The molecule has 0 aliphatic rings. The molecule has 0 N–H and O–H groups in total. The lowest BCUT2D eigenvalue weighted by Gasteiger charge is -2.21. The van der Waals surface area contributed by atoms with Gasteiger partial charge >= 0.3 is 0 Å². The molecule has 2 rings (SSSR count). The lowest BCUT2D eigenvalue weighted by atomic mass is 10.3. The molecule has 0 aliphatic heterocycles. The zero-order valence-corrected chi connectivity index (χ0v) is 11.6. The quantitative estimate of drug-likeness (QED) is 0.826. The van der Waals surface area contributed by atoms with Gasteiger partial charge in [-0.15, -0.1) is 0 Å². The lowest BCUT2D eigenvalue weighted by Crippen LogP contribution is -2.20. The summed E-state index contributed by atoms with van der Waals surface area (Å²) in [6.07, 6.45) is 5.51. The van der Waals surface area contributed by atoms with Crippen LogP contribution in [0.1, 0.15) is 6.42 Å². The first-order valence-corrected chi connectivity index (χ1v) is 6.26. The number of pyridine rings is 1. The molecule has 2 heterocycles. The van der Waals surface area contributed by atoms with Crippen molar-refractivity contribution < 1.29 is 0 Å². The van der Waals surface area contributed by atoms with Gasteiger partial charge in [-0.2, -0.15) is 5.26 Å². The minimum atomic E-state index is 0.467. The summed E-state index contributed by atoms with van der Waals surface area (Å²) in [5.41, 5.74) is 0.955. The zero-order chi connectivity index (χ0) is 14.4. The van der Waals surface area contributed by atoms with Crippen molar-refractivity contribution in [1.29, 1.82) is 5.26 Å². The fourth-order valence-corrected chi connectivity index (χ4v) is 1.75. The molecule has 0 atom stereocenters. The normalized spacial score (nSPS) is 9.85. The highest BCUT2D eigenvalue weighted by Gasteiger charge is 2.09. The molecule has 2 aromatic rings. The summed E-state index contributed by atoms with van der Waals surface area (Å²) in [7, 11) is 3.84. The average molecular weight is 268 g/mol. The monoisotopic (exact) mass is 268 g/mol. The maximum atomic E-state index is 8.63. The Morgan fingerprint density at radius 2 is 2.05 bits per heavy atom. The van der Waals surface area contributed by atoms with E-state index in [2.05, 4.69) is 21.0 Å². The molecule has 0 radical (unpaired) electrons. The van der Waals surface area contributed by atoms with Gasteiger partial charge in [0.25, 0.3) is 0 Å². The highest BCUT2D eigenvalue weighted by molar-refractivity contribution is 5.60. The number of anilines is 3. The van der Waals surface area contributed by atoms with Crippen molar-refractivity contribution in [3.05, 3.63) is 36.9 Å². The van der Waals surface area contributed by atoms with Gasteiger partial charge < -0.3 is 9.80 Å². The van der Waals surface area contributed by atoms with E-state index in [1.165, 1.54) is 6.33 Å². The van der Waals surface area contributed by atoms with Crippen molar-refractivity contribution in [2.75, 3.05) is 30.4 Å². The molecular weight excluding hydrogens is 252 g/mol. The summed E-state index contributed by atoms with van der Waals surface area (Å²) in [5, 5.41) is 8.63. The summed E-state index contributed by atoms with van der Waals surface area (Å²) in [6, 6.07) is 7.87. The van der Waals surface area contributed by atoms with Crippen LogP contribution in [0.15, 0.2) is 36.9 Å². The molecule has 102 valence electrons. The maximum Gasteiger partial charge on any atom is 0.138 e. The molecule has 0 saturated carbocycles. The fourth-order valence-electron chi connectivity index (χ4n) is 1.75. The van der Waals surface area contributed by atoms with E-state index in [0.717, 1.165) is 17.3 Å². The molecule has 6 nitrogen and oxygen atoms in total.